The highest BCUT2D eigenvalue weighted by Gasteiger charge is 2.56. The lowest BCUT2D eigenvalue weighted by Gasteiger charge is -2.55. The summed E-state index contributed by atoms with van der Waals surface area (Å²) in [4.78, 5) is 39.0. The Morgan fingerprint density at radius 2 is 1.49 bits per heavy atom. The number of nitrogens with zero attached hydrogens (tertiary/aromatic N) is 1. The normalized spacial score (nSPS) is 28.6. The van der Waals surface area contributed by atoms with Gasteiger partial charge < -0.3 is 20.1 Å². The molecule has 3 saturated carbocycles. The van der Waals surface area contributed by atoms with E-state index in [-0.39, 0.29) is 24.0 Å². The molecule has 0 spiro atoms. The van der Waals surface area contributed by atoms with Crippen molar-refractivity contribution in [1.82, 2.24) is 10.2 Å². The number of likely N-dealkylation sites (tertiary alicyclic amines) is 1. The van der Waals surface area contributed by atoms with Gasteiger partial charge in [-0.05, 0) is 67.2 Å². The third-order valence-corrected chi connectivity index (χ3v) is 8.98. The summed E-state index contributed by atoms with van der Waals surface area (Å²) in [6, 6.07) is 15.9. The lowest BCUT2D eigenvalue weighted by molar-refractivity contribution is -0.167. The van der Waals surface area contributed by atoms with E-state index in [4.69, 9.17) is 4.74 Å². The fourth-order valence-electron chi connectivity index (χ4n) is 6.74. The second-order valence-electron chi connectivity index (χ2n) is 10.7. The fourth-order valence-corrected chi connectivity index (χ4v) is 6.74. The largest absolute Gasteiger partial charge is 0.480 e. The number of rotatable bonds is 5. The van der Waals surface area contributed by atoms with Crippen molar-refractivity contribution in [3.05, 3.63) is 59.7 Å². The number of carbonyl (C=O) groups is 3. The van der Waals surface area contributed by atoms with E-state index in [0.29, 0.717) is 51.5 Å². The lowest BCUT2D eigenvalue weighted by Crippen LogP contribution is -2.64. The molecule has 2 amide bonds. The molecule has 2 N–H and O–H groups in total. The Morgan fingerprint density at radius 1 is 0.914 bits per heavy atom. The SMILES string of the molecule is O=C(NC12CCC(C(=O)N3CCC3C(=O)O)(CC1)CC2)OCC1c2ccccc2-c2ccccc21. The Morgan fingerprint density at radius 3 is 2.00 bits per heavy atom. The maximum absolute atomic E-state index is 13.2. The van der Waals surface area contributed by atoms with Gasteiger partial charge in [0, 0.05) is 23.4 Å². The van der Waals surface area contributed by atoms with Gasteiger partial charge >= 0.3 is 12.1 Å². The first kappa shape index (κ1) is 22.1. The summed E-state index contributed by atoms with van der Waals surface area (Å²) in [6.07, 6.45) is 4.32. The average Bonchev–Trinajstić information content (AvgIpc) is 3.16. The van der Waals surface area contributed by atoms with Crippen LogP contribution in [0.1, 0.15) is 62.0 Å². The van der Waals surface area contributed by atoms with E-state index in [1.165, 1.54) is 22.3 Å². The summed E-state index contributed by atoms with van der Waals surface area (Å²) in [6.45, 7) is 0.810. The minimum absolute atomic E-state index is 0.00871. The van der Waals surface area contributed by atoms with Crippen LogP contribution in [-0.4, -0.2) is 52.7 Å². The third-order valence-electron chi connectivity index (χ3n) is 8.98. The molecule has 0 radical (unpaired) electrons. The first-order chi connectivity index (χ1) is 16.9. The van der Waals surface area contributed by atoms with Gasteiger partial charge in [0.1, 0.15) is 12.6 Å². The molecule has 0 aromatic heterocycles. The van der Waals surface area contributed by atoms with Crippen molar-refractivity contribution in [2.75, 3.05) is 13.2 Å². The number of hydrogen-bond acceptors (Lipinski definition) is 4. The van der Waals surface area contributed by atoms with Gasteiger partial charge in [-0.15, -0.1) is 0 Å². The van der Waals surface area contributed by atoms with Gasteiger partial charge in [0.15, 0.2) is 0 Å². The van der Waals surface area contributed by atoms with Gasteiger partial charge in [0.05, 0.1) is 0 Å². The maximum Gasteiger partial charge on any atom is 0.407 e. The van der Waals surface area contributed by atoms with Crippen LogP contribution in [0.2, 0.25) is 0 Å². The Bertz CT molecular complexity index is 1140. The van der Waals surface area contributed by atoms with E-state index in [0.717, 1.165) is 0 Å². The molecule has 1 heterocycles. The molecule has 1 saturated heterocycles. The molecule has 2 aromatic rings. The zero-order valence-corrected chi connectivity index (χ0v) is 19.7. The molecule has 1 aliphatic heterocycles. The number of ether oxygens (including phenoxy) is 1. The van der Waals surface area contributed by atoms with Gasteiger partial charge in [0.2, 0.25) is 5.91 Å². The van der Waals surface area contributed by atoms with E-state index < -0.39 is 23.5 Å². The van der Waals surface area contributed by atoms with E-state index in [2.05, 4.69) is 29.6 Å². The topological polar surface area (TPSA) is 95.9 Å². The molecular weight excluding hydrogens is 444 g/mol. The predicted molar refractivity (Wildman–Crippen MR) is 129 cm³/mol. The van der Waals surface area contributed by atoms with E-state index >= 15 is 0 Å². The van der Waals surface area contributed by atoms with Crippen LogP contribution in [0.25, 0.3) is 11.1 Å². The Hall–Kier alpha value is -3.35. The van der Waals surface area contributed by atoms with Crippen LogP contribution in [0.5, 0.6) is 0 Å². The number of hydrogen-bond donors (Lipinski definition) is 2. The highest BCUT2D eigenvalue weighted by atomic mass is 16.5. The molecule has 35 heavy (non-hydrogen) atoms. The van der Waals surface area contributed by atoms with Crippen molar-refractivity contribution in [3.8, 4) is 11.1 Å². The Kier molecular flexibility index (Phi) is 5.13. The summed E-state index contributed by atoms with van der Waals surface area (Å²) in [5, 5.41) is 12.5. The number of carboxylic acid groups (broad SMARTS) is 1. The van der Waals surface area contributed by atoms with E-state index in [9.17, 15) is 19.5 Å². The van der Waals surface area contributed by atoms with Crippen LogP contribution in [0.3, 0.4) is 0 Å². The molecule has 5 aliphatic rings. The van der Waals surface area contributed by atoms with Crippen LogP contribution in [0, 0.1) is 5.41 Å². The first-order valence-corrected chi connectivity index (χ1v) is 12.6. The second kappa shape index (κ2) is 8.11. The van der Waals surface area contributed by atoms with Crippen molar-refractivity contribution in [2.24, 2.45) is 5.41 Å². The smallest absolute Gasteiger partial charge is 0.407 e. The van der Waals surface area contributed by atoms with E-state index in [1.54, 1.807) is 4.90 Å². The van der Waals surface area contributed by atoms with Gasteiger partial charge in [-0.1, -0.05) is 48.5 Å². The quantitative estimate of drug-likeness (QED) is 0.674. The molecule has 182 valence electrons. The fraction of sp³-hybridized carbons (Fsp3) is 0.464. The zero-order chi connectivity index (χ0) is 24.2. The number of nitrogens with one attached hydrogen (secondary N) is 1. The Balaban J connectivity index is 1.08. The number of benzene rings is 2. The van der Waals surface area contributed by atoms with Gasteiger partial charge in [-0.2, -0.15) is 0 Å². The lowest BCUT2D eigenvalue weighted by atomic mass is 9.56. The zero-order valence-electron chi connectivity index (χ0n) is 19.7. The molecule has 1 atom stereocenters. The standard InChI is InChI=1S/C28H30N2O5/c31-24(32)23-9-16-30(23)25(33)27-10-13-28(14-11-27,15-12-27)29-26(34)35-17-22-20-7-3-1-5-18(20)19-6-2-4-8-21(19)22/h1-8,22-23H,9-17H2,(H,29,34)(H,31,32). The number of carboxylic acids is 1. The van der Waals surface area contributed by atoms with Crippen molar-refractivity contribution >= 4 is 18.0 Å². The number of alkyl carbamates (subject to hydrolysis) is 1. The van der Waals surface area contributed by atoms with Crippen LogP contribution in [0.15, 0.2) is 48.5 Å². The molecule has 4 aliphatic carbocycles. The van der Waals surface area contributed by atoms with Gasteiger partial charge in [-0.3, -0.25) is 4.79 Å². The Labute approximate surface area is 204 Å². The molecule has 4 fully saturated rings. The highest BCUT2D eigenvalue weighted by molar-refractivity contribution is 5.89. The molecule has 1 unspecified atom stereocenters. The average molecular weight is 475 g/mol. The second-order valence-corrected chi connectivity index (χ2v) is 10.7. The molecule has 7 rings (SSSR count). The van der Waals surface area contributed by atoms with Crippen LogP contribution < -0.4 is 5.32 Å². The summed E-state index contributed by atoms with van der Waals surface area (Å²) in [5.41, 5.74) is 3.95. The predicted octanol–water partition coefficient (Wildman–Crippen LogP) is 4.30. The van der Waals surface area contributed by atoms with Gasteiger partial charge in [-0.25, -0.2) is 9.59 Å². The number of aliphatic carboxylic acids is 1. The summed E-state index contributed by atoms with van der Waals surface area (Å²) in [5.74, 6) is -0.906. The summed E-state index contributed by atoms with van der Waals surface area (Å²) >= 11 is 0. The van der Waals surface area contributed by atoms with Crippen LogP contribution >= 0.6 is 0 Å². The minimum Gasteiger partial charge on any atom is -0.480 e. The van der Waals surface area contributed by atoms with Gasteiger partial charge in [0.25, 0.3) is 0 Å². The summed E-state index contributed by atoms with van der Waals surface area (Å²) < 4.78 is 5.77. The molecule has 2 bridgehead atoms. The molecule has 7 heteroatoms. The van der Waals surface area contributed by atoms with Crippen LogP contribution in [-0.2, 0) is 14.3 Å². The number of fused-ring (bicyclic) bond motifs is 6. The molecule has 2 aromatic carbocycles. The van der Waals surface area contributed by atoms with Crippen LogP contribution in [0.4, 0.5) is 4.79 Å². The monoisotopic (exact) mass is 474 g/mol. The van der Waals surface area contributed by atoms with Crippen molar-refractivity contribution in [2.45, 2.75) is 62.4 Å². The molecular formula is C28H30N2O5. The molecule has 7 nitrogen and oxygen atoms in total. The number of carbonyl (C=O) groups excluding carboxylic acids is 2. The van der Waals surface area contributed by atoms with Crippen molar-refractivity contribution < 1.29 is 24.2 Å². The van der Waals surface area contributed by atoms with E-state index in [1.807, 2.05) is 24.3 Å². The number of amides is 2. The van der Waals surface area contributed by atoms with Crippen molar-refractivity contribution in [1.29, 1.82) is 0 Å². The highest BCUT2D eigenvalue weighted by Crippen LogP contribution is 2.54. The third kappa shape index (κ3) is 3.51. The summed E-state index contributed by atoms with van der Waals surface area (Å²) in [7, 11) is 0. The maximum atomic E-state index is 13.2. The first-order valence-electron chi connectivity index (χ1n) is 12.6. The van der Waals surface area contributed by atoms with Crippen molar-refractivity contribution in [3.63, 3.8) is 0 Å². The minimum atomic E-state index is -0.918.